The lowest BCUT2D eigenvalue weighted by atomic mass is 9.65. The number of Topliss-reactive ketones (excluding diaryl/α,β-unsaturated/α-hetero) is 1. The Balaban J connectivity index is 5.08. The summed E-state index contributed by atoms with van der Waals surface area (Å²) < 4.78 is 0. The van der Waals surface area contributed by atoms with E-state index in [2.05, 4.69) is 0 Å². The predicted molar refractivity (Wildman–Crippen MR) is 63.7 cm³/mol. The molecule has 0 saturated heterocycles. The van der Waals surface area contributed by atoms with Gasteiger partial charge in [-0.25, -0.2) is 0 Å². The van der Waals surface area contributed by atoms with Gasteiger partial charge in [-0.2, -0.15) is 0 Å². The summed E-state index contributed by atoms with van der Waals surface area (Å²) in [6, 6.07) is 0. The van der Waals surface area contributed by atoms with Crippen LogP contribution in [0.25, 0.3) is 0 Å². The molecule has 0 aliphatic rings. The van der Waals surface area contributed by atoms with E-state index in [1.54, 1.807) is 0 Å². The largest absolute Gasteiger partial charge is 0.392 e. The number of aliphatic hydroxyl groups is 1. The second-order valence-electron chi connectivity index (χ2n) is 7.07. The minimum atomic E-state index is -0.698. The quantitative estimate of drug-likeness (QED) is 0.767. The van der Waals surface area contributed by atoms with Crippen molar-refractivity contribution >= 4 is 5.78 Å². The van der Waals surface area contributed by atoms with Crippen molar-refractivity contribution in [2.24, 2.45) is 16.2 Å². The normalized spacial score (nSPS) is 16.3. The highest BCUT2D eigenvalue weighted by Crippen LogP contribution is 2.38. The Morgan fingerprint density at radius 1 is 0.933 bits per heavy atom. The summed E-state index contributed by atoms with van der Waals surface area (Å²) in [4.78, 5) is 12.2. The van der Waals surface area contributed by atoms with Crippen LogP contribution < -0.4 is 0 Å². The van der Waals surface area contributed by atoms with Crippen LogP contribution in [0.15, 0.2) is 0 Å². The van der Waals surface area contributed by atoms with Gasteiger partial charge < -0.3 is 5.11 Å². The fourth-order valence-corrected chi connectivity index (χ4v) is 2.17. The van der Waals surface area contributed by atoms with Gasteiger partial charge in [-0.15, -0.1) is 0 Å². The number of aliphatic hydroxyl groups excluding tert-OH is 1. The van der Waals surface area contributed by atoms with Gasteiger partial charge >= 0.3 is 0 Å². The molecule has 90 valence electrons. The average Bonchev–Trinajstić information content (AvgIpc) is 1.98. The first-order valence-electron chi connectivity index (χ1n) is 5.54. The van der Waals surface area contributed by atoms with E-state index >= 15 is 0 Å². The minimum Gasteiger partial charge on any atom is -0.392 e. The molecule has 0 aromatic heterocycles. The van der Waals surface area contributed by atoms with E-state index in [1.165, 1.54) is 0 Å². The molecular weight excluding hydrogens is 188 g/mol. The van der Waals surface area contributed by atoms with Crippen molar-refractivity contribution in [2.75, 3.05) is 0 Å². The Labute approximate surface area is 94.1 Å². The standard InChI is InChI=1S/C13H26O2/c1-11(2,3)9(14)13(7,8)10(15)12(4,5)6/h9,14H,1-8H3. The third-order valence-electron chi connectivity index (χ3n) is 2.77. The van der Waals surface area contributed by atoms with Crippen molar-refractivity contribution in [2.45, 2.75) is 61.5 Å². The Bertz CT molecular complexity index is 238. The molecular formula is C13H26O2. The number of carbonyl (C=O) groups excluding carboxylic acids is 1. The van der Waals surface area contributed by atoms with Crippen LogP contribution in [0.5, 0.6) is 0 Å². The van der Waals surface area contributed by atoms with Crippen LogP contribution in [0.1, 0.15) is 55.4 Å². The Morgan fingerprint density at radius 2 is 1.27 bits per heavy atom. The molecule has 15 heavy (non-hydrogen) atoms. The molecule has 0 aromatic rings. The zero-order valence-corrected chi connectivity index (χ0v) is 11.4. The van der Waals surface area contributed by atoms with E-state index in [0.29, 0.717) is 0 Å². The summed E-state index contributed by atoms with van der Waals surface area (Å²) in [5, 5.41) is 10.2. The van der Waals surface area contributed by atoms with Gasteiger partial charge in [0.2, 0.25) is 0 Å². The van der Waals surface area contributed by atoms with Gasteiger partial charge in [0.15, 0.2) is 0 Å². The van der Waals surface area contributed by atoms with Crippen LogP contribution in [-0.4, -0.2) is 17.0 Å². The fraction of sp³-hybridized carbons (Fsp3) is 0.923. The predicted octanol–water partition coefficient (Wildman–Crippen LogP) is 3.03. The molecule has 0 aliphatic carbocycles. The molecule has 0 aromatic carbocycles. The summed E-state index contributed by atoms with van der Waals surface area (Å²) in [5.74, 6) is 0.109. The van der Waals surface area contributed by atoms with Crippen LogP contribution in [0.4, 0.5) is 0 Å². The van der Waals surface area contributed by atoms with E-state index in [1.807, 2.05) is 55.4 Å². The molecule has 0 amide bonds. The highest BCUT2D eigenvalue weighted by molar-refractivity contribution is 5.89. The van der Waals surface area contributed by atoms with Crippen LogP contribution in [-0.2, 0) is 4.79 Å². The molecule has 0 radical (unpaired) electrons. The van der Waals surface area contributed by atoms with Crippen molar-refractivity contribution in [1.29, 1.82) is 0 Å². The average molecular weight is 214 g/mol. The van der Waals surface area contributed by atoms with Crippen molar-refractivity contribution in [3.63, 3.8) is 0 Å². The molecule has 0 rings (SSSR count). The zero-order valence-electron chi connectivity index (χ0n) is 11.4. The van der Waals surface area contributed by atoms with E-state index in [9.17, 15) is 9.90 Å². The molecule has 2 nitrogen and oxygen atoms in total. The first-order chi connectivity index (χ1) is 6.31. The molecule has 0 heterocycles. The molecule has 0 fully saturated rings. The maximum atomic E-state index is 12.2. The topological polar surface area (TPSA) is 37.3 Å². The lowest BCUT2D eigenvalue weighted by Crippen LogP contribution is -2.48. The zero-order chi connectivity index (χ0) is 12.7. The van der Waals surface area contributed by atoms with Gasteiger partial charge in [0, 0.05) is 5.41 Å². The van der Waals surface area contributed by atoms with Crippen LogP contribution >= 0.6 is 0 Å². The highest BCUT2D eigenvalue weighted by atomic mass is 16.3. The molecule has 1 unspecified atom stereocenters. The van der Waals surface area contributed by atoms with Gasteiger partial charge in [-0.05, 0) is 5.41 Å². The number of hydrogen-bond acceptors (Lipinski definition) is 2. The van der Waals surface area contributed by atoms with Crippen LogP contribution in [0.2, 0.25) is 0 Å². The summed E-state index contributed by atoms with van der Waals surface area (Å²) in [6.45, 7) is 15.2. The van der Waals surface area contributed by atoms with Crippen molar-refractivity contribution in [3.8, 4) is 0 Å². The highest BCUT2D eigenvalue weighted by Gasteiger charge is 2.45. The first-order valence-corrected chi connectivity index (χ1v) is 5.54. The smallest absolute Gasteiger partial charge is 0.146 e. The van der Waals surface area contributed by atoms with Crippen molar-refractivity contribution in [3.05, 3.63) is 0 Å². The Morgan fingerprint density at radius 3 is 1.47 bits per heavy atom. The van der Waals surface area contributed by atoms with E-state index in [-0.39, 0.29) is 11.2 Å². The third-order valence-corrected chi connectivity index (χ3v) is 2.77. The Hall–Kier alpha value is -0.370. The molecule has 1 N–H and O–H groups in total. The molecule has 0 spiro atoms. The lowest BCUT2D eigenvalue weighted by Gasteiger charge is -2.41. The number of ketones is 1. The van der Waals surface area contributed by atoms with Gasteiger partial charge in [-0.3, -0.25) is 4.79 Å². The van der Waals surface area contributed by atoms with Gasteiger partial charge in [0.25, 0.3) is 0 Å². The summed E-state index contributed by atoms with van der Waals surface area (Å²) in [5.41, 5.74) is -1.38. The maximum absolute atomic E-state index is 12.2. The fourth-order valence-electron chi connectivity index (χ4n) is 2.17. The summed E-state index contributed by atoms with van der Waals surface area (Å²) >= 11 is 0. The minimum absolute atomic E-state index is 0.109. The van der Waals surface area contributed by atoms with Crippen molar-refractivity contribution < 1.29 is 9.90 Å². The number of hydrogen-bond donors (Lipinski definition) is 1. The number of rotatable bonds is 2. The van der Waals surface area contributed by atoms with Gasteiger partial charge in [0.1, 0.15) is 5.78 Å². The van der Waals surface area contributed by atoms with Gasteiger partial charge in [0.05, 0.1) is 11.5 Å². The number of carbonyl (C=O) groups is 1. The summed E-state index contributed by atoms with van der Waals surface area (Å²) in [6.07, 6.45) is -0.628. The third kappa shape index (κ3) is 3.30. The van der Waals surface area contributed by atoms with Crippen LogP contribution in [0.3, 0.4) is 0 Å². The second kappa shape index (κ2) is 3.89. The van der Waals surface area contributed by atoms with Crippen molar-refractivity contribution in [1.82, 2.24) is 0 Å². The molecule has 1 atom stereocenters. The monoisotopic (exact) mass is 214 g/mol. The Kier molecular flexibility index (Phi) is 3.80. The molecule has 0 aliphatic heterocycles. The SMILES string of the molecule is CC(C)(C)C(=O)C(C)(C)C(O)C(C)(C)C. The van der Waals surface area contributed by atoms with Crippen LogP contribution in [0, 0.1) is 16.2 Å². The maximum Gasteiger partial charge on any atom is 0.146 e. The first kappa shape index (κ1) is 14.6. The second-order valence-corrected chi connectivity index (χ2v) is 7.07. The van der Waals surface area contributed by atoms with E-state index < -0.39 is 16.9 Å². The van der Waals surface area contributed by atoms with E-state index in [4.69, 9.17) is 0 Å². The molecule has 0 saturated carbocycles. The summed E-state index contributed by atoms with van der Waals surface area (Å²) in [7, 11) is 0. The van der Waals surface area contributed by atoms with E-state index in [0.717, 1.165) is 0 Å². The molecule has 2 heteroatoms. The van der Waals surface area contributed by atoms with Gasteiger partial charge in [-0.1, -0.05) is 55.4 Å². The molecule has 0 bridgehead atoms. The lowest BCUT2D eigenvalue weighted by molar-refractivity contribution is -0.146.